The summed E-state index contributed by atoms with van der Waals surface area (Å²) in [6.45, 7) is 11.0. The first-order valence-electron chi connectivity index (χ1n) is 5.68. The van der Waals surface area contributed by atoms with Gasteiger partial charge in [-0.3, -0.25) is 0 Å². The van der Waals surface area contributed by atoms with Crippen LogP contribution in [-0.2, 0) is 0 Å². The van der Waals surface area contributed by atoms with Crippen molar-refractivity contribution in [3.8, 4) is 0 Å². The molecule has 4 fully saturated rings. The smallest absolute Gasteiger partial charge is 0.0749 e. The largest absolute Gasteiger partial charge is 0.389 e. The molecule has 0 aliphatic carbocycles. The molecule has 3 atom stereocenters. The summed E-state index contributed by atoms with van der Waals surface area (Å²) in [5, 5.41) is 10.6. The highest BCUT2D eigenvalue weighted by Crippen LogP contribution is 2.47. The average molecular weight is 196 g/mol. The third kappa shape index (κ3) is 0.980. The summed E-state index contributed by atoms with van der Waals surface area (Å²) in [6, 6.07) is 0. The summed E-state index contributed by atoms with van der Waals surface area (Å²) in [6.07, 6.45) is 0. The number of piperidine rings is 2. The number of hydrogen-bond acceptors (Lipinski definition) is 3. The normalized spacial score (nSPS) is 61.5. The zero-order valence-corrected chi connectivity index (χ0v) is 9.16. The summed E-state index contributed by atoms with van der Waals surface area (Å²) >= 11 is 0. The second-order valence-electron chi connectivity index (χ2n) is 5.88. The lowest BCUT2D eigenvalue weighted by Gasteiger charge is -2.58. The van der Waals surface area contributed by atoms with Crippen LogP contribution < -0.4 is 0 Å². The van der Waals surface area contributed by atoms with Crippen molar-refractivity contribution < 1.29 is 5.11 Å². The van der Waals surface area contributed by atoms with Gasteiger partial charge in [0.15, 0.2) is 0 Å². The fraction of sp³-hybridized carbons (Fsp3) is 1.00. The zero-order valence-electron chi connectivity index (χ0n) is 9.16. The monoisotopic (exact) mass is 196 g/mol. The van der Waals surface area contributed by atoms with Crippen LogP contribution in [0.2, 0.25) is 0 Å². The van der Waals surface area contributed by atoms with E-state index in [1.165, 1.54) is 13.1 Å². The fourth-order valence-corrected chi connectivity index (χ4v) is 3.64. The van der Waals surface area contributed by atoms with Crippen LogP contribution in [0.25, 0.3) is 0 Å². The van der Waals surface area contributed by atoms with E-state index < -0.39 is 5.60 Å². The number of aliphatic hydroxyl groups is 1. The van der Waals surface area contributed by atoms with Gasteiger partial charge in [-0.15, -0.1) is 0 Å². The van der Waals surface area contributed by atoms with Gasteiger partial charge in [-0.05, 0) is 6.92 Å². The molecule has 0 spiro atoms. The van der Waals surface area contributed by atoms with Crippen LogP contribution in [0.4, 0.5) is 0 Å². The molecule has 0 saturated carbocycles. The van der Waals surface area contributed by atoms with Crippen LogP contribution in [0, 0.1) is 11.3 Å². The summed E-state index contributed by atoms with van der Waals surface area (Å²) in [5.41, 5.74) is -0.366. The van der Waals surface area contributed by atoms with Crippen LogP contribution in [0.15, 0.2) is 0 Å². The van der Waals surface area contributed by atoms with Gasteiger partial charge in [-0.25, -0.2) is 0 Å². The molecule has 4 aliphatic rings. The van der Waals surface area contributed by atoms with E-state index in [1.54, 1.807) is 0 Å². The minimum atomic E-state index is -0.454. The van der Waals surface area contributed by atoms with Crippen LogP contribution in [0.1, 0.15) is 13.8 Å². The number of hydrogen-bond donors (Lipinski definition) is 1. The van der Waals surface area contributed by atoms with Crippen molar-refractivity contribution in [2.24, 2.45) is 11.3 Å². The van der Waals surface area contributed by atoms with Gasteiger partial charge in [0, 0.05) is 50.6 Å². The second-order valence-corrected chi connectivity index (χ2v) is 5.88. The fourth-order valence-electron chi connectivity index (χ4n) is 3.64. The molecule has 4 saturated heterocycles. The first-order chi connectivity index (χ1) is 6.51. The van der Waals surface area contributed by atoms with E-state index in [4.69, 9.17) is 0 Å². The summed E-state index contributed by atoms with van der Waals surface area (Å²) in [4.78, 5) is 5.07. The molecular formula is C11H20N2O. The molecule has 4 rings (SSSR count). The van der Waals surface area contributed by atoms with E-state index in [0.717, 1.165) is 26.2 Å². The van der Waals surface area contributed by atoms with Crippen molar-refractivity contribution in [1.29, 1.82) is 0 Å². The highest BCUT2D eigenvalue weighted by Gasteiger charge is 2.58. The topological polar surface area (TPSA) is 26.7 Å². The quantitative estimate of drug-likeness (QED) is 0.591. The standard InChI is InChI=1S/C11H20N2O/c1-10-7-12-3-4-13(8-10)6-9(5-12)11(10,2)14/h9,14H,3-8H2,1-2H3. The molecule has 0 aromatic carbocycles. The van der Waals surface area contributed by atoms with Crippen molar-refractivity contribution >= 4 is 0 Å². The Morgan fingerprint density at radius 3 is 2.00 bits per heavy atom. The maximum Gasteiger partial charge on any atom is 0.0749 e. The summed E-state index contributed by atoms with van der Waals surface area (Å²) < 4.78 is 0. The van der Waals surface area contributed by atoms with Gasteiger partial charge in [0.25, 0.3) is 0 Å². The Hall–Kier alpha value is -0.120. The van der Waals surface area contributed by atoms with Crippen LogP contribution in [0.5, 0.6) is 0 Å². The number of rotatable bonds is 0. The molecule has 3 unspecified atom stereocenters. The van der Waals surface area contributed by atoms with Crippen molar-refractivity contribution in [1.82, 2.24) is 9.80 Å². The predicted octanol–water partition coefficient (Wildman–Crippen LogP) is 0.00470. The maximum atomic E-state index is 10.6. The third-order valence-electron chi connectivity index (χ3n) is 4.85. The molecule has 3 nitrogen and oxygen atoms in total. The highest BCUT2D eigenvalue weighted by atomic mass is 16.3. The lowest BCUT2D eigenvalue weighted by atomic mass is 9.62. The van der Waals surface area contributed by atoms with Gasteiger partial charge in [0.05, 0.1) is 5.60 Å². The molecule has 3 heteroatoms. The lowest BCUT2D eigenvalue weighted by Crippen LogP contribution is -2.68. The van der Waals surface area contributed by atoms with Crippen LogP contribution in [0.3, 0.4) is 0 Å². The molecule has 4 bridgehead atoms. The highest BCUT2D eigenvalue weighted by molar-refractivity contribution is 5.10. The van der Waals surface area contributed by atoms with E-state index in [9.17, 15) is 5.11 Å². The second kappa shape index (κ2) is 2.52. The number of nitrogens with zero attached hydrogens (tertiary/aromatic N) is 2. The molecule has 0 aromatic heterocycles. The third-order valence-corrected chi connectivity index (χ3v) is 4.85. The van der Waals surface area contributed by atoms with Crippen molar-refractivity contribution in [3.63, 3.8) is 0 Å². The molecule has 80 valence electrons. The zero-order chi connectivity index (χ0) is 9.97. The summed E-state index contributed by atoms with van der Waals surface area (Å²) in [7, 11) is 0. The minimum Gasteiger partial charge on any atom is -0.389 e. The van der Waals surface area contributed by atoms with Gasteiger partial charge >= 0.3 is 0 Å². The van der Waals surface area contributed by atoms with E-state index >= 15 is 0 Å². The summed E-state index contributed by atoms with van der Waals surface area (Å²) in [5.74, 6) is 0.456. The SMILES string of the molecule is CC12CN3CCN(CC(C3)C1(C)O)C2. The Morgan fingerprint density at radius 1 is 1.07 bits per heavy atom. The van der Waals surface area contributed by atoms with Gasteiger partial charge in [0.1, 0.15) is 0 Å². The molecule has 4 aliphatic heterocycles. The Bertz CT molecular complexity index is 248. The van der Waals surface area contributed by atoms with Crippen LogP contribution >= 0.6 is 0 Å². The van der Waals surface area contributed by atoms with Gasteiger partial charge < -0.3 is 14.9 Å². The van der Waals surface area contributed by atoms with Crippen LogP contribution in [-0.4, -0.2) is 59.8 Å². The van der Waals surface area contributed by atoms with Gasteiger partial charge in [-0.1, -0.05) is 6.92 Å². The van der Waals surface area contributed by atoms with E-state index in [2.05, 4.69) is 23.6 Å². The lowest BCUT2D eigenvalue weighted by molar-refractivity contribution is -0.179. The van der Waals surface area contributed by atoms with Crippen molar-refractivity contribution in [2.75, 3.05) is 39.3 Å². The molecule has 4 heterocycles. The Labute approximate surface area is 85.7 Å². The molecule has 0 aromatic rings. The van der Waals surface area contributed by atoms with Gasteiger partial charge in [-0.2, -0.15) is 0 Å². The molecule has 0 radical (unpaired) electrons. The van der Waals surface area contributed by atoms with Gasteiger partial charge in [0.2, 0.25) is 0 Å². The molecule has 1 N–H and O–H groups in total. The van der Waals surface area contributed by atoms with E-state index in [1.807, 2.05) is 0 Å². The molecule has 0 amide bonds. The number of fused-ring (bicyclic) bond motifs is 1. The Balaban J connectivity index is 2.04. The Kier molecular flexibility index (Phi) is 1.64. The van der Waals surface area contributed by atoms with E-state index in [-0.39, 0.29) is 5.41 Å². The first kappa shape index (κ1) is 9.13. The maximum absolute atomic E-state index is 10.6. The van der Waals surface area contributed by atoms with Crippen molar-refractivity contribution in [2.45, 2.75) is 19.4 Å². The molecular weight excluding hydrogens is 176 g/mol. The predicted molar refractivity (Wildman–Crippen MR) is 55.1 cm³/mol. The average Bonchev–Trinajstić information content (AvgIpc) is 2.29. The Morgan fingerprint density at radius 2 is 1.57 bits per heavy atom. The first-order valence-corrected chi connectivity index (χ1v) is 5.68. The molecule has 14 heavy (non-hydrogen) atoms. The minimum absolute atomic E-state index is 0.0880. The van der Waals surface area contributed by atoms with Crippen molar-refractivity contribution in [3.05, 3.63) is 0 Å². The van der Waals surface area contributed by atoms with E-state index in [0.29, 0.717) is 5.92 Å².